The predicted molar refractivity (Wildman–Crippen MR) is 152 cm³/mol. The predicted octanol–water partition coefficient (Wildman–Crippen LogP) is 7.47. The second kappa shape index (κ2) is 11.9. The van der Waals surface area contributed by atoms with E-state index in [4.69, 9.17) is 23.2 Å². The molecule has 0 N–H and O–H groups in total. The minimum atomic E-state index is -0.0977. The molecule has 3 nitrogen and oxygen atoms in total. The highest BCUT2D eigenvalue weighted by Crippen LogP contribution is 2.40. The molecular formula is C31H42Cl2N2O. The molecule has 36 heavy (non-hydrogen) atoms. The van der Waals surface area contributed by atoms with Gasteiger partial charge in [0.15, 0.2) is 0 Å². The molecule has 2 fully saturated rings. The molecule has 2 aromatic carbocycles. The van der Waals surface area contributed by atoms with Crippen molar-refractivity contribution in [3.63, 3.8) is 0 Å². The number of rotatable bonds is 7. The zero-order valence-electron chi connectivity index (χ0n) is 22.5. The number of carbonyl (C=O) groups excluding carboxylic acids is 1. The van der Waals surface area contributed by atoms with Crippen LogP contribution in [0.25, 0.3) is 0 Å². The molecule has 2 aromatic rings. The summed E-state index contributed by atoms with van der Waals surface area (Å²) in [5, 5.41) is 1.19. The van der Waals surface area contributed by atoms with Crippen molar-refractivity contribution in [2.24, 2.45) is 11.8 Å². The van der Waals surface area contributed by atoms with Gasteiger partial charge in [-0.2, -0.15) is 0 Å². The Bertz CT molecular complexity index is 1040. The quantitative estimate of drug-likeness (QED) is 0.372. The van der Waals surface area contributed by atoms with Gasteiger partial charge < -0.3 is 9.80 Å². The van der Waals surface area contributed by atoms with Gasteiger partial charge in [-0.25, -0.2) is 0 Å². The summed E-state index contributed by atoms with van der Waals surface area (Å²) in [7, 11) is 0. The van der Waals surface area contributed by atoms with E-state index in [2.05, 4.69) is 61.8 Å². The van der Waals surface area contributed by atoms with Gasteiger partial charge in [0.05, 0.1) is 16.5 Å². The standard InChI is InChI=1S/C31H42Cl2N2O/c1-22(2)26-8-13-34(14-9-26)15-11-31(27-6-7-28(32)29(33)20-27)10-5-12-35(21-31)30(36)19-25-17-23(3)16-24(4)18-25/h6-7,16-18,20,22,26H,5,8-15,19,21H2,1-4H3. The molecule has 0 saturated carbocycles. The van der Waals surface area contributed by atoms with Crippen LogP contribution in [0, 0.1) is 25.7 Å². The van der Waals surface area contributed by atoms with E-state index in [0.29, 0.717) is 16.5 Å². The number of carbonyl (C=O) groups is 1. The molecule has 1 amide bonds. The zero-order chi connectivity index (χ0) is 25.9. The number of hydrogen-bond donors (Lipinski definition) is 0. The van der Waals surface area contributed by atoms with Crippen LogP contribution >= 0.6 is 23.2 Å². The van der Waals surface area contributed by atoms with E-state index in [1.807, 2.05) is 12.1 Å². The summed E-state index contributed by atoms with van der Waals surface area (Å²) in [6.07, 6.45) is 6.15. The Labute approximate surface area is 228 Å². The molecule has 0 aliphatic carbocycles. The number of amides is 1. The molecular weight excluding hydrogens is 487 g/mol. The van der Waals surface area contributed by atoms with E-state index in [1.54, 1.807) is 0 Å². The van der Waals surface area contributed by atoms with Crippen LogP contribution in [0.1, 0.15) is 68.2 Å². The summed E-state index contributed by atoms with van der Waals surface area (Å²) in [4.78, 5) is 18.2. The van der Waals surface area contributed by atoms with Crippen LogP contribution in [0.3, 0.4) is 0 Å². The van der Waals surface area contributed by atoms with Crippen molar-refractivity contribution in [1.82, 2.24) is 9.80 Å². The average molecular weight is 530 g/mol. The van der Waals surface area contributed by atoms with Crippen LogP contribution in [-0.4, -0.2) is 48.4 Å². The molecule has 2 heterocycles. The van der Waals surface area contributed by atoms with Gasteiger partial charge in [0.2, 0.25) is 5.91 Å². The van der Waals surface area contributed by atoms with E-state index in [1.165, 1.54) is 42.6 Å². The van der Waals surface area contributed by atoms with Crippen molar-refractivity contribution in [2.45, 2.75) is 71.6 Å². The van der Waals surface area contributed by atoms with Gasteiger partial charge in [-0.05, 0) is 101 Å². The number of likely N-dealkylation sites (tertiary alicyclic amines) is 2. The molecule has 2 saturated heterocycles. The number of aryl methyl sites for hydroxylation is 2. The first-order valence-corrected chi connectivity index (χ1v) is 14.4. The van der Waals surface area contributed by atoms with Gasteiger partial charge >= 0.3 is 0 Å². The highest BCUT2D eigenvalue weighted by Gasteiger charge is 2.39. The maximum atomic E-state index is 13.5. The molecule has 0 aromatic heterocycles. The molecule has 0 spiro atoms. The SMILES string of the molecule is Cc1cc(C)cc(CC(=O)N2CCCC(CCN3CCC(C(C)C)CC3)(c3ccc(Cl)c(Cl)c3)C2)c1. The number of halogens is 2. The van der Waals surface area contributed by atoms with Crippen LogP contribution in [0.5, 0.6) is 0 Å². The Hall–Kier alpha value is -1.55. The fraction of sp³-hybridized carbons (Fsp3) is 0.581. The van der Waals surface area contributed by atoms with E-state index in [9.17, 15) is 4.79 Å². The summed E-state index contributed by atoms with van der Waals surface area (Å²) in [5.74, 6) is 1.84. The van der Waals surface area contributed by atoms with Gasteiger partial charge in [0.1, 0.15) is 0 Å². The molecule has 4 rings (SSSR count). The van der Waals surface area contributed by atoms with Crippen LogP contribution in [0.15, 0.2) is 36.4 Å². The average Bonchev–Trinajstić information content (AvgIpc) is 2.84. The monoisotopic (exact) mass is 528 g/mol. The van der Waals surface area contributed by atoms with Crippen molar-refractivity contribution >= 4 is 29.1 Å². The lowest BCUT2D eigenvalue weighted by Gasteiger charge is -2.45. The largest absolute Gasteiger partial charge is 0.342 e. The molecule has 0 bridgehead atoms. The first-order chi connectivity index (χ1) is 17.1. The van der Waals surface area contributed by atoms with Gasteiger partial charge in [0, 0.05) is 18.5 Å². The summed E-state index contributed by atoms with van der Waals surface area (Å²) in [6.45, 7) is 13.9. The lowest BCUT2D eigenvalue weighted by molar-refractivity contribution is -0.132. The van der Waals surface area contributed by atoms with Gasteiger partial charge in [0.25, 0.3) is 0 Å². The Balaban J connectivity index is 1.51. The first kappa shape index (κ1) is 27.5. The lowest BCUT2D eigenvalue weighted by Crippen LogP contribution is -2.50. The minimum Gasteiger partial charge on any atom is -0.342 e. The summed E-state index contributed by atoms with van der Waals surface area (Å²) >= 11 is 12.8. The summed E-state index contributed by atoms with van der Waals surface area (Å²) in [5.41, 5.74) is 4.65. The van der Waals surface area contributed by atoms with Gasteiger partial charge in [-0.15, -0.1) is 0 Å². The third-order valence-electron chi connectivity index (χ3n) is 8.58. The van der Waals surface area contributed by atoms with Gasteiger partial charge in [-0.3, -0.25) is 4.79 Å². The van der Waals surface area contributed by atoms with Crippen molar-refractivity contribution in [2.75, 3.05) is 32.7 Å². The second-order valence-electron chi connectivity index (χ2n) is 11.7. The third-order valence-corrected chi connectivity index (χ3v) is 9.32. The highest BCUT2D eigenvalue weighted by atomic mass is 35.5. The maximum absolute atomic E-state index is 13.5. The zero-order valence-corrected chi connectivity index (χ0v) is 24.0. The number of hydrogen-bond acceptors (Lipinski definition) is 2. The third kappa shape index (κ3) is 6.65. The minimum absolute atomic E-state index is 0.0977. The van der Waals surface area contributed by atoms with Crippen molar-refractivity contribution < 1.29 is 4.79 Å². The van der Waals surface area contributed by atoms with Crippen LogP contribution in [0.4, 0.5) is 0 Å². The molecule has 0 radical (unpaired) electrons. The van der Waals surface area contributed by atoms with E-state index in [0.717, 1.165) is 56.3 Å². The molecule has 2 aliphatic heterocycles. The van der Waals surface area contributed by atoms with Crippen LogP contribution in [0.2, 0.25) is 10.0 Å². The smallest absolute Gasteiger partial charge is 0.227 e. The summed E-state index contributed by atoms with van der Waals surface area (Å²) < 4.78 is 0. The van der Waals surface area contributed by atoms with Crippen molar-refractivity contribution in [1.29, 1.82) is 0 Å². The van der Waals surface area contributed by atoms with Gasteiger partial charge in [-0.1, -0.05) is 72.4 Å². The number of benzene rings is 2. The topological polar surface area (TPSA) is 23.6 Å². The second-order valence-corrected chi connectivity index (χ2v) is 12.5. The Morgan fingerprint density at radius 2 is 1.69 bits per heavy atom. The Kier molecular flexibility index (Phi) is 9.07. The highest BCUT2D eigenvalue weighted by molar-refractivity contribution is 6.42. The van der Waals surface area contributed by atoms with Crippen LogP contribution < -0.4 is 0 Å². The molecule has 2 aliphatic rings. The van der Waals surface area contributed by atoms with E-state index < -0.39 is 0 Å². The molecule has 5 heteroatoms. The first-order valence-electron chi connectivity index (χ1n) is 13.7. The van der Waals surface area contributed by atoms with Crippen LogP contribution in [-0.2, 0) is 16.6 Å². The van der Waals surface area contributed by atoms with E-state index in [-0.39, 0.29) is 11.3 Å². The molecule has 1 atom stereocenters. The van der Waals surface area contributed by atoms with Crippen molar-refractivity contribution in [3.05, 3.63) is 68.7 Å². The Morgan fingerprint density at radius 3 is 2.33 bits per heavy atom. The lowest BCUT2D eigenvalue weighted by atomic mass is 9.71. The normalized spacial score (nSPS) is 21.8. The Morgan fingerprint density at radius 1 is 1.00 bits per heavy atom. The fourth-order valence-electron chi connectivity index (χ4n) is 6.43. The van der Waals surface area contributed by atoms with Crippen molar-refractivity contribution in [3.8, 4) is 0 Å². The summed E-state index contributed by atoms with van der Waals surface area (Å²) in [6, 6.07) is 12.5. The molecule has 1 unspecified atom stereocenters. The fourth-order valence-corrected chi connectivity index (χ4v) is 6.73. The number of nitrogens with zero attached hydrogens (tertiary/aromatic N) is 2. The van der Waals surface area contributed by atoms with E-state index >= 15 is 0 Å². The molecule has 196 valence electrons. The maximum Gasteiger partial charge on any atom is 0.227 e. The number of piperidine rings is 2.